The van der Waals surface area contributed by atoms with Crippen LogP contribution in [0.25, 0.3) is 28.1 Å². The highest BCUT2D eigenvalue weighted by atomic mass is 32.2. The highest BCUT2D eigenvalue weighted by Gasteiger charge is 2.48. The van der Waals surface area contributed by atoms with Crippen LogP contribution in [-0.2, 0) is 10.1 Å². The van der Waals surface area contributed by atoms with Crippen LogP contribution < -0.4 is 4.18 Å². The molecule has 1 aromatic heterocycles. The number of imidazole rings is 1. The molecule has 0 unspecified atom stereocenters. The number of fused-ring (bicyclic) bond motifs is 1. The van der Waals surface area contributed by atoms with Gasteiger partial charge in [0.25, 0.3) is 0 Å². The number of nitrogens with zero attached hydrogens (tertiary/aromatic N) is 2. The zero-order valence-corrected chi connectivity index (χ0v) is 15.5. The monoisotopic (exact) mass is 418 g/mol. The molecule has 0 saturated carbocycles. The highest BCUT2D eigenvalue weighted by molar-refractivity contribution is 7.88. The van der Waals surface area contributed by atoms with Crippen molar-refractivity contribution in [3.63, 3.8) is 0 Å². The van der Waals surface area contributed by atoms with Crippen molar-refractivity contribution < 1.29 is 25.8 Å². The van der Waals surface area contributed by atoms with Crippen molar-refractivity contribution in [1.29, 1.82) is 0 Å². The van der Waals surface area contributed by atoms with Gasteiger partial charge in [-0.1, -0.05) is 42.5 Å². The number of rotatable bonds is 4. The molecule has 0 bridgehead atoms. The maximum Gasteiger partial charge on any atom is 0.534 e. The van der Waals surface area contributed by atoms with E-state index in [2.05, 4.69) is 9.17 Å². The van der Waals surface area contributed by atoms with Gasteiger partial charge < -0.3 is 4.18 Å². The van der Waals surface area contributed by atoms with E-state index >= 15 is 0 Å². The quantitative estimate of drug-likeness (QED) is 0.349. The molecule has 0 aliphatic carbocycles. The molecule has 0 radical (unpaired) electrons. The zero-order chi connectivity index (χ0) is 20.6. The maximum absolute atomic E-state index is 12.8. The summed E-state index contributed by atoms with van der Waals surface area (Å²) < 4.78 is 67.8. The highest BCUT2D eigenvalue weighted by Crippen LogP contribution is 2.36. The Labute approximate surface area is 164 Å². The molecule has 9 heteroatoms. The number of hydrogen-bond donors (Lipinski definition) is 0. The second kappa shape index (κ2) is 6.93. The summed E-state index contributed by atoms with van der Waals surface area (Å²) in [5, 5.41) is 0. The Hall–Kier alpha value is -3.33. The topological polar surface area (TPSA) is 61.2 Å². The van der Waals surface area contributed by atoms with Gasteiger partial charge in [0.1, 0.15) is 5.82 Å². The molecule has 29 heavy (non-hydrogen) atoms. The van der Waals surface area contributed by atoms with Crippen LogP contribution in [-0.4, -0.2) is 23.5 Å². The van der Waals surface area contributed by atoms with Crippen molar-refractivity contribution >= 4 is 21.2 Å². The summed E-state index contributed by atoms with van der Waals surface area (Å²) in [6, 6.07) is 21.8. The fraction of sp³-hybridized carbons (Fsp3) is 0.0500. The van der Waals surface area contributed by atoms with Gasteiger partial charge in [-0.3, -0.25) is 4.57 Å². The summed E-state index contributed by atoms with van der Waals surface area (Å²) in [5.41, 5.74) is -3.41. The average molecular weight is 418 g/mol. The van der Waals surface area contributed by atoms with Crippen LogP contribution in [0.3, 0.4) is 0 Å². The van der Waals surface area contributed by atoms with Crippen molar-refractivity contribution in [2.24, 2.45) is 0 Å². The lowest BCUT2D eigenvalue weighted by molar-refractivity contribution is -0.0499. The van der Waals surface area contributed by atoms with Gasteiger partial charge in [-0.25, -0.2) is 4.98 Å². The van der Waals surface area contributed by atoms with E-state index in [4.69, 9.17) is 0 Å². The van der Waals surface area contributed by atoms with E-state index in [0.717, 1.165) is 6.07 Å². The fourth-order valence-corrected chi connectivity index (χ4v) is 3.41. The smallest absolute Gasteiger partial charge is 0.375 e. The molecular formula is C20H13F3N2O3S. The first-order valence-electron chi connectivity index (χ1n) is 8.41. The van der Waals surface area contributed by atoms with E-state index in [-0.39, 0.29) is 11.4 Å². The minimum absolute atomic E-state index is 0.111. The third-order valence-corrected chi connectivity index (χ3v) is 5.15. The van der Waals surface area contributed by atoms with E-state index in [9.17, 15) is 21.6 Å². The van der Waals surface area contributed by atoms with Crippen LogP contribution >= 0.6 is 0 Å². The molecule has 0 aliphatic heterocycles. The van der Waals surface area contributed by atoms with Crippen LogP contribution in [0.4, 0.5) is 13.2 Å². The Kier molecular flexibility index (Phi) is 4.54. The number of halogens is 3. The normalized spacial score (nSPS) is 12.2. The summed E-state index contributed by atoms with van der Waals surface area (Å²) in [5.74, 6) is -0.206. The van der Waals surface area contributed by atoms with Crippen LogP contribution in [0.5, 0.6) is 5.75 Å². The minimum Gasteiger partial charge on any atom is -0.375 e. The molecule has 5 nitrogen and oxygen atoms in total. The van der Waals surface area contributed by atoms with Crippen molar-refractivity contribution in [1.82, 2.24) is 9.55 Å². The molecular weight excluding hydrogens is 405 g/mol. The summed E-state index contributed by atoms with van der Waals surface area (Å²) in [6.45, 7) is 0. The van der Waals surface area contributed by atoms with Crippen molar-refractivity contribution in [2.75, 3.05) is 0 Å². The molecule has 0 spiro atoms. The molecule has 0 saturated heterocycles. The lowest BCUT2D eigenvalue weighted by atomic mass is 10.2. The van der Waals surface area contributed by atoms with Gasteiger partial charge in [-0.2, -0.15) is 21.6 Å². The third kappa shape index (κ3) is 3.44. The van der Waals surface area contributed by atoms with Gasteiger partial charge in [0, 0.05) is 5.69 Å². The van der Waals surface area contributed by atoms with E-state index in [1.165, 1.54) is 12.1 Å². The lowest BCUT2D eigenvalue weighted by Crippen LogP contribution is -2.28. The largest absolute Gasteiger partial charge is 0.534 e. The Morgan fingerprint density at radius 2 is 1.45 bits per heavy atom. The van der Waals surface area contributed by atoms with Gasteiger partial charge >= 0.3 is 15.6 Å². The van der Waals surface area contributed by atoms with E-state index in [1.807, 2.05) is 42.5 Å². The van der Waals surface area contributed by atoms with Crippen LogP contribution in [0.1, 0.15) is 0 Å². The molecule has 0 amide bonds. The molecule has 0 fully saturated rings. The number of benzene rings is 3. The summed E-state index contributed by atoms with van der Waals surface area (Å²) in [7, 11) is -5.83. The standard InChI is InChI=1S/C20H13F3N2O3S/c21-20(22,23)29(26,27)28-18-13-7-4-10-15(18)19-24-16-11-5-6-12-17(16)25(19)14-8-2-1-3-9-14/h1-13H. The molecule has 0 N–H and O–H groups in total. The average Bonchev–Trinajstić information content (AvgIpc) is 3.07. The first-order chi connectivity index (χ1) is 13.8. The van der Waals surface area contributed by atoms with Crippen LogP contribution in [0, 0.1) is 0 Å². The summed E-state index contributed by atoms with van der Waals surface area (Å²) in [6.07, 6.45) is 0. The summed E-state index contributed by atoms with van der Waals surface area (Å²) >= 11 is 0. The molecule has 0 aliphatic rings. The van der Waals surface area contributed by atoms with Crippen molar-refractivity contribution in [3.05, 3.63) is 78.9 Å². The Morgan fingerprint density at radius 3 is 2.17 bits per heavy atom. The molecule has 0 atom stereocenters. The number of hydrogen-bond acceptors (Lipinski definition) is 4. The Balaban J connectivity index is 1.96. The summed E-state index contributed by atoms with van der Waals surface area (Å²) in [4.78, 5) is 4.52. The second-order valence-corrected chi connectivity index (χ2v) is 7.61. The molecule has 148 valence electrons. The Morgan fingerprint density at radius 1 is 0.828 bits per heavy atom. The molecule has 4 aromatic rings. The fourth-order valence-electron chi connectivity index (χ4n) is 2.93. The van der Waals surface area contributed by atoms with Crippen LogP contribution in [0.2, 0.25) is 0 Å². The Bertz CT molecular complexity index is 1280. The SMILES string of the molecule is O=S(=O)(Oc1ccccc1-c1nc2ccccc2n1-c1ccccc1)C(F)(F)F. The third-order valence-electron chi connectivity index (χ3n) is 4.19. The van der Waals surface area contributed by atoms with Gasteiger partial charge in [-0.05, 0) is 36.4 Å². The van der Waals surface area contributed by atoms with Crippen LogP contribution in [0.15, 0.2) is 78.9 Å². The maximum atomic E-state index is 12.8. The number of alkyl halides is 3. The van der Waals surface area contributed by atoms with Gasteiger partial charge in [0.2, 0.25) is 0 Å². The molecule has 4 rings (SSSR count). The predicted octanol–water partition coefficient (Wildman–Crippen LogP) is 4.92. The van der Waals surface area contributed by atoms with Gasteiger partial charge in [0.05, 0.1) is 16.6 Å². The first-order valence-corrected chi connectivity index (χ1v) is 9.82. The van der Waals surface area contributed by atoms with E-state index in [0.29, 0.717) is 16.7 Å². The van der Waals surface area contributed by atoms with Gasteiger partial charge in [-0.15, -0.1) is 0 Å². The minimum atomic E-state index is -5.83. The number of para-hydroxylation sites is 4. The van der Waals surface area contributed by atoms with E-state index < -0.39 is 21.4 Å². The molecule has 1 heterocycles. The zero-order valence-electron chi connectivity index (χ0n) is 14.7. The van der Waals surface area contributed by atoms with Crippen molar-refractivity contribution in [3.8, 4) is 22.8 Å². The van der Waals surface area contributed by atoms with Crippen molar-refractivity contribution in [2.45, 2.75) is 5.51 Å². The first kappa shape index (κ1) is 19.0. The van der Waals surface area contributed by atoms with Gasteiger partial charge in [0.15, 0.2) is 5.75 Å². The second-order valence-electron chi connectivity index (χ2n) is 6.07. The number of aromatic nitrogens is 2. The molecule has 3 aromatic carbocycles. The predicted molar refractivity (Wildman–Crippen MR) is 102 cm³/mol. The van der Waals surface area contributed by atoms with E-state index in [1.54, 1.807) is 22.8 Å². The lowest BCUT2D eigenvalue weighted by Gasteiger charge is -2.14.